The van der Waals surface area contributed by atoms with E-state index in [1.54, 1.807) is 0 Å². The second kappa shape index (κ2) is 11.3. The molecule has 23 nitrogen and oxygen atoms in total. The van der Waals surface area contributed by atoms with E-state index in [0.717, 1.165) is 12.7 Å². The van der Waals surface area contributed by atoms with Crippen LogP contribution in [-0.4, -0.2) is 112 Å². The maximum atomic E-state index is 13.4. The van der Waals surface area contributed by atoms with Crippen LogP contribution in [0, 0.1) is 0 Å². The van der Waals surface area contributed by atoms with Crippen LogP contribution >= 0.6 is 8.17 Å². The number of aromatic nitrogens is 6. The van der Waals surface area contributed by atoms with Crippen molar-refractivity contribution in [3.05, 3.63) is 27.0 Å². The Balaban J connectivity index is 1.15. The molecule has 0 aliphatic carbocycles. The number of nitrogen functional groups attached to an aromatic ring is 2. The second-order valence-electron chi connectivity index (χ2n) is 9.78. The van der Waals surface area contributed by atoms with E-state index in [1.165, 1.54) is 9.47 Å². The number of rotatable bonds is 9. The summed E-state index contributed by atoms with van der Waals surface area (Å²) in [6.45, 7) is -1.42. The highest BCUT2D eigenvalue weighted by Gasteiger charge is 2.56. The van der Waals surface area contributed by atoms with Gasteiger partial charge in [0.05, 0.1) is 12.9 Å². The predicted octanol–water partition coefficient (Wildman–Crippen LogP) is -6.81. The third-order valence-electron chi connectivity index (χ3n) is 7.08. The number of hydrogen-bond donors (Lipinski definition) is 9. The fourth-order valence-electron chi connectivity index (χ4n) is 4.99. The van der Waals surface area contributed by atoms with Gasteiger partial charge in [-0.3, -0.25) is 24.1 Å². The van der Waals surface area contributed by atoms with Crippen LogP contribution in [0.3, 0.4) is 0 Å². The first kappa shape index (κ1) is 30.3. The van der Waals surface area contributed by atoms with E-state index in [1.807, 2.05) is 0 Å². The molecule has 0 aromatic carbocycles. The Morgan fingerprint density at radius 3 is 2.50 bits per heavy atom. The molecule has 0 amide bonds. The minimum atomic E-state index is -4.68. The first-order chi connectivity index (χ1) is 20.9. The highest BCUT2D eigenvalue weighted by Crippen LogP contribution is 2.55. The van der Waals surface area contributed by atoms with Crippen molar-refractivity contribution in [1.29, 1.82) is 0 Å². The molecular formula is C20H27N11O12P+2. The number of aliphatic hydroxyl groups excluding tert-OH is 4. The van der Waals surface area contributed by atoms with Gasteiger partial charge in [-0.25, -0.2) is 4.98 Å². The lowest BCUT2D eigenvalue weighted by Crippen LogP contribution is -2.52. The maximum Gasteiger partial charge on any atom is 0.449 e. The number of H-pyrrole nitrogens is 2. The lowest BCUT2D eigenvalue weighted by molar-refractivity contribution is -0.656. The smallest absolute Gasteiger partial charge is 0.449 e. The number of fused-ring (bicyclic) bond motifs is 2. The maximum absolute atomic E-state index is 13.4. The molecule has 6 heterocycles. The van der Waals surface area contributed by atoms with Crippen molar-refractivity contribution in [2.75, 3.05) is 29.6 Å². The number of nitrogens with one attached hydrogen (secondary N) is 2. The van der Waals surface area contributed by atoms with Crippen molar-refractivity contribution in [1.82, 2.24) is 34.5 Å². The van der Waals surface area contributed by atoms with Crippen molar-refractivity contribution < 1.29 is 54.4 Å². The van der Waals surface area contributed by atoms with Crippen molar-refractivity contribution in [2.24, 2.45) is 0 Å². The van der Waals surface area contributed by atoms with Crippen molar-refractivity contribution in [3.63, 3.8) is 0 Å². The van der Waals surface area contributed by atoms with E-state index >= 15 is 0 Å². The van der Waals surface area contributed by atoms with Crippen LogP contribution in [0.1, 0.15) is 6.23 Å². The van der Waals surface area contributed by atoms with Gasteiger partial charge in [0.2, 0.25) is 18.1 Å². The average molecular weight is 644 g/mol. The third kappa shape index (κ3) is 5.09. The summed E-state index contributed by atoms with van der Waals surface area (Å²) in [6.07, 6.45) is -9.39. The zero-order valence-corrected chi connectivity index (χ0v) is 23.1. The molecule has 0 spiro atoms. The first-order valence-electron chi connectivity index (χ1n) is 12.7. The number of aliphatic hydroxyl groups is 4. The average Bonchev–Trinajstić information content (AvgIpc) is 3.73. The monoisotopic (exact) mass is 644 g/mol. The highest BCUT2D eigenvalue weighted by atomic mass is 31.2. The third-order valence-corrected chi connectivity index (χ3v) is 8.37. The summed E-state index contributed by atoms with van der Waals surface area (Å²) in [7, 11) is -4.68. The topological polar surface area (TPSA) is 356 Å². The van der Waals surface area contributed by atoms with Crippen LogP contribution in [-0.2, 0) is 23.1 Å². The van der Waals surface area contributed by atoms with Gasteiger partial charge in [0.1, 0.15) is 37.1 Å². The normalized spacial score (nSPS) is 31.2. The number of phosphoric ester groups is 1. The number of imidazole rings is 1. The fraction of sp³-hybridized carbons (Fsp3) is 0.500. The number of nitrogens with zero attached hydrogens (tertiary/aromatic N) is 6. The summed E-state index contributed by atoms with van der Waals surface area (Å²) in [4.78, 5) is 59.3. The zero-order chi connectivity index (χ0) is 31.5. The summed E-state index contributed by atoms with van der Waals surface area (Å²) < 4.78 is 28.0. The standard InChI is InChI=1S/C20H26N11O12P/c21-19-26-13-7(15(36)28-19)24-3-30(13)17-10(34)9(33)6(41-17)2-39-44(38,43-23)42-12-5(1-32)40-18(11(12)35)31-4-25-8-14(31)27-20(22)29-16(8)37/h3-6,9-12,17-18,32-35H,1-2H2,23H3,(H5-,21,22,26,27,28,29,36,37)/q+1/p+1/t5-,6-,9-,10-,11-,12-,17-,18-,44?/m1/s1. The number of hydrogen-bond acceptors (Lipinski definition) is 19. The highest BCUT2D eigenvalue weighted by molar-refractivity contribution is 7.53. The molecule has 1 unspecified atom stereocenters. The fourth-order valence-corrected chi connectivity index (χ4v) is 6.08. The molecular weight excluding hydrogens is 617 g/mol. The molecule has 3 aromatic rings. The van der Waals surface area contributed by atoms with Gasteiger partial charge >= 0.3 is 19.4 Å². The number of quaternary nitrogens is 1. The van der Waals surface area contributed by atoms with Crippen LogP contribution in [0.2, 0.25) is 0 Å². The van der Waals surface area contributed by atoms with E-state index in [0.29, 0.717) is 0 Å². The van der Waals surface area contributed by atoms with Gasteiger partial charge in [-0.15, -0.1) is 0 Å². The Bertz CT molecular complexity index is 1700. The molecule has 0 saturated carbocycles. The van der Waals surface area contributed by atoms with Gasteiger partial charge < -0.3 is 46.3 Å². The Morgan fingerprint density at radius 2 is 1.77 bits per heavy atom. The Labute approximate surface area is 244 Å². The lowest BCUT2D eigenvalue weighted by atomic mass is 10.1. The molecule has 24 heteroatoms. The number of aliphatic imine (C=N–C) groups is 1. The van der Waals surface area contributed by atoms with Crippen LogP contribution in [0.25, 0.3) is 11.2 Å². The van der Waals surface area contributed by atoms with E-state index < -0.39 is 81.6 Å². The van der Waals surface area contributed by atoms with Crippen molar-refractivity contribution in [3.8, 4) is 0 Å². The summed E-state index contributed by atoms with van der Waals surface area (Å²) in [5.74, 6) is 2.61. The molecule has 3 aromatic heterocycles. The molecule has 2 fully saturated rings. The number of nitrogens with two attached hydrogens (primary N) is 2. The molecule has 3 aliphatic heterocycles. The van der Waals surface area contributed by atoms with Gasteiger partial charge in [-0.05, 0) is 9.62 Å². The Hall–Kier alpha value is -3.71. The molecule has 1 radical (unpaired) electrons. The van der Waals surface area contributed by atoms with Gasteiger partial charge in [0.15, 0.2) is 23.5 Å². The largest absolute Gasteiger partial charge is 0.601 e. The van der Waals surface area contributed by atoms with E-state index in [4.69, 9.17) is 34.6 Å². The quantitative estimate of drug-likeness (QED) is 0.0771. The van der Waals surface area contributed by atoms with E-state index in [9.17, 15) is 34.9 Å². The van der Waals surface area contributed by atoms with Gasteiger partial charge in [0, 0.05) is 0 Å². The molecule has 237 valence electrons. The minimum absolute atomic E-state index is 0.0350. The van der Waals surface area contributed by atoms with Crippen molar-refractivity contribution >= 4 is 49.1 Å². The van der Waals surface area contributed by atoms with Crippen LogP contribution in [0.4, 0.5) is 23.4 Å². The van der Waals surface area contributed by atoms with E-state index in [2.05, 4.69) is 35.8 Å². The predicted molar refractivity (Wildman–Crippen MR) is 142 cm³/mol. The number of anilines is 3. The van der Waals surface area contributed by atoms with Gasteiger partial charge in [-0.2, -0.15) is 29.8 Å². The molecule has 3 aliphatic rings. The van der Waals surface area contributed by atoms with E-state index in [-0.39, 0.29) is 34.6 Å². The van der Waals surface area contributed by atoms with Crippen LogP contribution in [0.15, 0.2) is 15.9 Å². The van der Waals surface area contributed by atoms with Gasteiger partial charge in [0.25, 0.3) is 17.7 Å². The number of ether oxygens (including phenoxy) is 2. The Kier molecular flexibility index (Phi) is 7.81. The summed E-state index contributed by atoms with van der Waals surface area (Å²) in [6, 6.07) is 0. The SMILES string of the molecule is Nc1nc2c(c(=O)[nH]1)[N+]=CN2[C@@H]1O[C@H](CO[P+]([O-])(O[NH3+])O[C@H]2[C@@H](O)[C@H](n3cnc4c(=O)[nH]c(N)nc43)O[C@@H]2CO)[C@@H](O)[C@H]1O. The first-order valence-corrected chi connectivity index (χ1v) is 14.2. The zero-order valence-electron chi connectivity index (χ0n) is 22.2. The molecule has 0 bridgehead atoms. The van der Waals surface area contributed by atoms with Crippen LogP contribution in [0.5, 0.6) is 0 Å². The summed E-state index contributed by atoms with van der Waals surface area (Å²) in [5, 5.41) is 42.2. The molecule has 9 atom stereocenters. The lowest BCUT2D eigenvalue weighted by Gasteiger charge is -2.27. The summed E-state index contributed by atoms with van der Waals surface area (Å²) >= 11 is 0. The van der Waals surface area contributed by atoms with Crippen LogP contribution < -0.4 is 43.3 Å². The van der Waals surface area contributed by atoms with Gasteiger partial charge in [-0.1, -0.05) is 0 Å². The molecule has 44 heavy (non-hydrogen) atoms. The second-order valence-corrected chi connectivity index (χ2v) is 11.4. The molecule has 2 saturated heterocycles. The number of phosphoric acid groups is 1. The summed E-state index contributed by atoms with van der Waals surface area (Å²) in [5.41, 5.74) is 9.69. The Morgan fingerprint density at radius 1 is 1.07 bits per heavy atom. The molecule has 13 N–H and O–H groups in total. The minimum Gasteiger partial charge on any atom is -0.601 e. The molecule has 6 rings (SSSR count). The number of aromatic amines is 2. The van der Waals surface area contributed by atoms with Crippen molar-refractivity contribution in [2.45, 2.75) is 49.1 Å².